The van der Waals surface area contributed by atoms with Crippen molar-refractivity contribution in [2.24, 2.45) is 0 Å². The summed E-state index contributed by atoms with van der Waals surface area (Å²) in [6.07, 6.45) is 0.477. The quantitative estimate of drug-likeness (QED) is 0.759. The van der Waals surface area contributed by atoms with Crippen LogP contribution in [0.5, 0.6) is 0 Å². The molecular formula is C15H20ClNO4. The summed E-state index contributed by atoms with van der Waals surface area (Å²) < 4.78 is 4.80. The summed E-state index contributed by atoms with van der Waals surface area (Å²) >= 11 is 5.98. The van der Waals surface area contributed by atoms with E-state index in [0.717, 1.165) is 12.0 Å². The second kappa shape index (κ2) is 8.64. The number of amides is 1. The van der Waals surface area contributed by atoms with Gasteiger partial charge in [-0.15, -0.1) is 0 Å². The first-order valence-corrected chi connectivity index (χ1v) is 7.19. The van der Waals surface area contributed by atoms with Crippen LogP contribution in [0.1, 0.15) is 31.7 Å². The highest BCUT2D eigenvalue weighted by Gasteiger charge is 2.13. The third-order valence-corrected chi connectivity index (χ3v) is 3.10. The zero-order valence-corrected chi connectivity index (χ0v) is 12.9. The van der Waals surface area contributed by atoms with Crippen LogP contribution in [0.4, 0.5) is 5.69 Å². The van der Waals surface area contributed by atoms with Crippen LogP contribution in [0, 0.1) is 6.92 Å². The van der Waals surface area contributed by atoms with Gasteiger partial charge in [0.2, 0.25) is 0 Å². The molecule has 1 aromatic rings. The summed E-state index contributed by atoms with van der Waals surface area (Å²) in [5.74, 6) is -1.07. The number of halogens is 1. The van der Waals surface area contributed by atoms with Crippen LogP contribution in [0.15, 0.2) is 18.2 Å². The molecule has 1 aromatic carbocycles. The zero-order chi connectivity index (χ0) is 15.8. The van der Waals surface area contributed by atoms with Crippen molar-refractivity contribution in [3.05, 3.63) is 28.8 Å². The molecule has 0 spiro atoms. The molecule has 1 amide bonds. The summed E-state index contributed by atoms with van der Waals surface area (Å²) in [4.78, 5) is 23.1. The molecule has 1 atom stereocenters. The topological polar surface area (TPSA) is 75.6 Å². The Morgan fingerprint density at radius 1 is 1.43 bits per heavy atom. The Hall–Kier alpha value is -1.59. The molecule has 0 aliphatic carbocycles. The molecule has 0 heterocycles. The Bertz CT molecular complexity index is 504. The minimum atomic E-state index is -0.725. The van der Waals surface area contributed by atoms with Gasteiger partial charge in [-0.1, -0.05) is 31.0 Å². The van der Waals surface area contributed by atoms with Crippen LogP contribution >= 0.6 is 11.6 Å². The minimum Gasteiger partial charge on any atom is -0.455 e. The van der Waals surface area contributed by atoms with E-state index in [9.17, 15) is 14.7 Å². The molecule has 1 unspecified atom stereocenters. The number of anilines is 1. The Morgan fingerprint density at radius 3 is 2.76 bits per heavy atom. The van der Waals surface area contributed by atoms with Gasteiger partial charge in [-0.2, -0.15) is 0 Å². The molecule has 0 bridgehead atoms. The fraction of sp³-hybridized carbons (Fsp3) is 0.467. The Morgan fingerprint density at radius 2 is 2.14 bits per heavy atom. The van der Waals surface area contributed by atoms with Gasteiger partial charge in [0.05, 0.1) is 23.2 Å². The lowest BCUT2D eigenvalue weighted by Gasteiger charge is -2.10. The van der Waals surface area contributed by atoms with Gasteiger partial charge in [-0.3, -0.25) is 9.59 Å². The number of carbonyl (C=O) groups is 2. The van der Waals surface area contributed by atoms with E-state index < -0.39 is 24.6 Å². The van der Waals surface area contributed by atoms with E-state index in [4.69, 9.17) is 16.3 Å². The van der Waals surface area contributed by atoms with E-state index >= 15 is 0 Å². The van der Waals surface area contributed by atoms with Gasteiger partial charge in [-0.05, 0) is 31.0 Å². The third kappa shape index (κ3) is 6.60. The number of aliphatic hydroxyl groups excluding tert-OH is 1. The number of esters is 1. The van der Waals surface area contributed by atoms with E-state index in [1.165, 1.54) is 0 Å². The number of nitrogens with one attached hydrogen (secondary N) is 1. The first kappa shape index (κ1) is 17.5. The predicted molar refractivity (Wildman–Crippen MR) is 81.3 cm³/mol. The highest BCUT2D eigenvalue weighted by Crippen LogP contribution is 2.22. The molecule has 5 nitrogen and oxygen atoms in total. The van der Waals surface area contributed by atoms with Gasteiger partial charge in [0, 0.05) is 0 Å². The molecule has 0 aliphatic heterocycles. The summed E-state index contributed by atoms with van der Waals surface area (Å²) in [7, 11) is 0. The van der Waals surface area contributed by atoms with Crippen molar-refractivity contribution < 1.29 is 19.4 Å². The van der Waals surface area contributed by atoms with Crippen molar-refractivity contribution in [1.29, 1.82) is 0 Å². The van der Waals surface area contributed by atoms with E-state index in [-0.39, 0.29) is 6.42 Å². The average molecular weight is 314 g/mol. The zero-order valence-electron chi connectivity index (χ0n) is 12.2. The predicted octanol–water partition coefficient (Wildman–Crippen LogP) is 2.68. The molecule has 116 valence electrons. The summed E-state index contributed by atoms with van der Waals surface area (Å²) in [5.41, 5.74) is 1.45. The van der Waals surface area contributed by atoms with E-state index in [0.29, 0.717) is 17.1 Å². The molecule has 21 heavy (non-hydrogen) atoms. The lowest BCUT2D eigenvalue weighted by molar-refractivity contribution is -0.149. The second-order valence-corrected chi connectivity index (χ2v) is 5.25. The summed E-state index contributed by atoms with van der Waals surface area (Å²) in [6.45, 7) is 3.40. The molecule has 0 saturated heterocycles. The number of aryl methyl sites for hydroxylation is 1. The largest absolute Gasteiger partial charge is 0.455 e. The maximum Gasteiger partial charge on any atom is 0.308 e. The number of hydrogen-bond donors (Lipinski definition) is 2. The van der Waals surface area contributed by atoms with Crippen molar-refractivity contribution in [2.75, 3.05) is 11.9 Å². The molecule has 0 aromatic heterocycles. The SMILES string of the molecule is CCCC(O)CC(=O)OCC(=O)Nc1ccc(C)cc1Cl. The Labute approximate surface area is 129 Å². The third-order valence-electron chi connectivity index (χ3n) is 2.79. The molecule has 0 fully saturated rings. The number of carbonyl (C=O) groups excluding carboxylic acids is 2. The van der Waals surface area contributed by atoms with Gasteiger partial charge in [-0.25, -0.2) is 0 Å². The van der Waals surface area contributed by atoms with Gasteiger partial charge >= 0.3 is 5.97 Å². The molecule has 0 saturated carbocycles. The van der Waals surface area contributed by atoms with Crippen molar-refractivity contribution >= 4 is 29.2 Å². The van der Waals surface area contributed by atoms with Crippen molar-refractivity contribution in [1.82, 2.24) is 0 Å². The van der Waals surface area contributed by atoms with Crippen molar-refractivity contribution in [3.8, 4) is 0 Å². The van der Waals surface area contributed by atoms with Crippen LogP contribution in [0.2, 0.25) is 5.02 Å². The van der Waals surface area contributed by atoms with Crippen LogP contribution in [0.25, 0.3) is 0 Å². The van der Waals surface area contributed by atoms with E-state index in [1.807, 2.05) is 19.9 Å². The monoisotopic (exact) mass is 313 g/mol. The number of hydrogen-bond acceptors (Lipinski definition) is 4. The highest BCUT2D eigenvalue weighted by molar-refractivity contribution is 6.33. The van der Waals surface area contributed by atoms with Crippen molar-refractivity contribution in [2.45, 2.75) is 39.2 Å². The maximum absolute atomic E-state index is 11.7. The maximum atomic E-state index is 11.7. The Kier molecular flexibility index (Phi) is 7.19. The molecular weight excluding hydrogens is 294 g/mol. The van der Waals surface area contributed by atoms with Crippen LogP contribution in [-0.2, 0) is 14.3 Å². The smallest absolute Gasteiger partial charge is 0.308 e. The standard InChI is InChI=1S/C15H20ClNO4/c1-3-4-11(18)8-15(20)21-9-14(19)17-13-6-5-10(2)7-12(13)16/h5-7,11,18H,3-4,8-9H2,1-2H3,(H,17,19). The fourth-order valence-electron chi connectivity index (χ4n) is 1.74. The molecule has 0 aliphatic rings. The van der Waals surface area contributed by atoms with Gasteiger partial charge in [0.1, 0.15) is 0 Å². The first-order chi connectivity index (χ1) is 9.92. The Balaban J connectivity index is 2.38. The van der Waals surface area contributed by atoms with Crippen LogP contribution < -0.4 is 5.32 Å². The molecule has 0 radical (unpaired) electrons. The first-order valence-electron chi connectivity index (χ1n) is 6.82. The van der Waals surface area contributed by atoms with Gasteiger partial charge < -0.3 is 15.2 Å². The normalized spacial score (nSPS) is 11.8. The van der Waals surface area contributed by atoms with Crippen molar-refractivity contribution in [3.63, 3.8) is 0 Å². The number of rotatable bonds is 7. The molecule has 1 rings (SSSR count). The number of aliphatic hydroxyl groups is 1. The second-order valence-electron chi connectivity index (χ2n) is 4.84. The van der Waals surface area contributed by atoms with Gasteiger partial charge in [0.15, 0.2) is 6.61 Å². The van der Waals surface area contributed by atoms with Crippen LogP contribution in [0.3, 0.4) is 0 Å². The summed E-state index contributed by atoms with van der Waals surface area (Å²) in [6, 6.07) is 5.22. The lowest BCUT2D eigenvalue weighted by atomic mass is 10.1. The van der Waals surface area contributed by atoms with Gasteiger partial charge in [0.25, 0.3) is 5.91 Å². The lowest BCUT2D eigenvalue weighted by Crippen LogP contribution is -2.23. The number of benzene rings is 1. The van der Waals surface area contributed by atoms with Crippen LogP contribution in [-0.4, -0.2) is 29.7 Å². The molecule has 6 heteroatoms. The molecule has 2 N–H and O–H groups in total. The van der Waals surface area contributed by atoms with E-state index in [2.05, 4.69) is 5.32 Å². The summed E-state index contributed by atoms with van der Waals surface area (Å²) in [5, 5.41) is 12.4. The number of ether oxygens (including phenoxy) is 1. The average Bonchev–Trinajstić information content (AvgIpc) is 2.40. The minimum absolute atomic E-state index is 0.105. The van der Waals surface area contributed by atoms with E-state index in [1.54, 1.807) is 12.1 Å². The fourth-order valence-corrected chi connectivity index (χ4v) is 2.02. The highest BCUT2D eigenvalue weighted by atomic mass is 35.5.